The topological polar surface area (TPSA) is 89.0 Å². The highest BCUT2D eigenvalue weighted by atomic mass is 32.2. The van der Waals surface area contributed by atoms with Crippen molar-refractivity contribution in [2.75, 3.05) is 11.1 Å². The molecule has 1 heterocycles. The number of nitrogens with zero attached hydrogens (tertiary/aromatic N) is 2. The number of carbonyl (C=O) groups excluding carboxylic acids is 1. The number of aromatic nitrogens is 2. The molecule has 2 aromatic carbocycles. The van der Waals surface area contributed by atoms with Crippen LogP contribution in [0.5, 0.6) is 0 Å². The first-order chi connectivity index (χ1) is 13.3. The molecule has 0 unspecified atom stereocenters. The molecule has 3 aromatic rings. The van der Waals surface area contributed by atoms with Gasteiger partial charge in [0.25, 0.3) is 0 Å². The second-order valence-corrected chi connectivity index (χ2v) is 9.69. The standard InChI is InChI=1S/C20H21N3O3S2/c1-14-8-10-17(11-9-14)28(25,26)13-18(24)21-20-23-22-19(27-20)12-15(2)16-6-4-3-5-7-16/h3-11,15H,12-13H2,1-2H3,(H,21,23,24)/t15-/m0/s1. The molecule has 146 valence electrons. The van der Waals surface area contributed by atoms with Crippen LogP contribution in [0.25, 0.3) is 0 Å². The molecule has 0 aliphatic rings. The van der Waals surface area contributed by atoms with Gasteiger partial charge in [-0.3, -0.25) is 10.1 Å². The maximum Gasteiger partial charge on any atom is 0.241 e. The molecular weight excluding hydrogens is 394 g/mol. The Morgan fingerprint density at radius 3 is 2.43 bits per heavy atom. The lowest BCUT2D eigenvalue weighted by Crippen LogP contribution is -2.23. The average Bonchev–Trinajstić information content (AvgIpc) is 3.09. The van der Waals surface area contributed by atoms with Gasteiger partial charge in [0.05, 0.1) is 4.90 Å². The van der Waals surface area contributed by atoms with E-state index < -0.39 is 21.5 Å². The monoisotopic (exact) mass is 415 g/mol. The molecule has 28 heavy (non-hydrogen) atoms. The quantitative estimate of drug-likeness (QED) is 0.637. The second-order valence-electron chi connectivity index (χ2n) is 6.64. The zero-order valence-corrected chi connectivity index (χ0v) is 17.3. The third-order valence-corrected chi connectivity index (χ3v) is 6.76. The van der Waals surface area contributed by atoms with Crippen LogP contribution in [0.3, 0.4) is 0 Å². The molecule has 0 radical (unpaired) electrons. The number of nitrogens with one attached hydrogen (secondary N) is 1. The summed E-state index contributed by atoms with van der Waals surface area (Å²) in [6, 6.07) is 16.5. The van der Waals surface area contributed by atoms with Crippen LogP contribution >= 0.6 is 11.3 Å². The van der Waals surface area contributed by atoms with E-state index in [1.807, 2.05) is 25.1 Å². The molecule has 1 N–H and O–H groups in total. The zero-order valence-electron chi connectivity index (χ0n) is 15.6. The van der Waals surface area contributed by atoms with E-state index in [9.17, 15) is 13.2 Å². The Bertz CT molecular complexity index is 1050. The summed E-state index contributed by atoms with van der Waals surface area (Å²) >= 11 is 1.26. The zero-order chi connectivity index (χ0) is 20.1. The lowest BCUT2D eigenvalue weighted by atomic mass is 9.98. The van der Waals surface area contributed by atoms with E-state index in [-0.39, 0.29) is 10.8 Å². The number of rotatable bonds is 7. The summed E-state index contributed by atoms with van der Waals surface area (Å²) in [7, 11) is -3.70. The SMILES string of the molecule is Cc1ccc(S(=O)(=O)CC(=O)Nc2nnc(C[C@H](C)c3ccccc3)s2)cc1. The van der Waals surface area contributed by atoms with Crippen molar-refractivity contribution in [2.24, 2.45) is 0 Å². The van der Waals surface area contributed by atoms with E-state index >= 15 is 0 Å². The Labute approximate surface area is 168 Å². The highest BCUT2D eigenvalue weighted by molar-refractivity contribution is 7.92. The van der Waals surface area contributed by atoms with Crippen molar-refractivity contribution in [2.45, 2.75) is 31.1 Å². The Hall–Kier alpha value is -2.58. The minimum Gasteiger partial charge on any atom is -0.300 e. The number of hydrogen-bond acceptors (Lipinski definition) is 6. The Morgan fingerprint density at radius 1 is 1.07 bits per heavy atom. The summed E-state index contributed by atoms with van der Waals surface area (Å²) in [5.74, 6) is -0.996. The third kappa shape index (κ3) is 5.24. The molecule has 0 bridgehead atoms. The van der Waals surface area contributed by atoms with Gasteiger partial charge in [0, 0.05) is 6.42 Å². The minimum absolute atomic E-state index is 0.128. The Balaban J connectivity index is 1.60. The summed E-state index contributed by atoms with van der Waals surface area (Å²) in [5.41, 5.74) is 2.15. The summed E-state index contributed by atoms with van der Waals surface area (Å²) in [4.78, 5) is 12.3. The molecule has 1 amide bonds. The van der Waals surface area contributed by atoms with E-state index in [2.05, 4.69) is 34.6 Å². The predicted octanol–water partition coefficient (Wildman–Crippen LogP) is 3.61. The largest absolute Gasteiger partial charge is 0.300 e. The number of benzene rings is 2. The lowest BCUT2D eigenvalue weighted by molar-refractivity contribution is -0.113. The van der Waals surface area contributed by atoms with Crippen molar-refractivity contribution < 1.29 is 13.2 Å². The van der Waals surface area contributed by atoms with Crippen molar-refractivity contribution in [3.63, 3.8) is 0 Å². The summed E-state index contributed by atoms with van der Waals surface area (Å²) in [6.45, 7) is 3.97. The van der Waals surface area contributed by atoms with E-state index in [4.69, 9.17) is 0 Å². The van der Waals surface area contributed by atoms with Gasteiger partial charge in [0.1, 0.15) is 10.8 Å². The predicted molar refractivity (Wildman–Crippen MR) is 110 cm³/mol. The van der Waals surface area contributed by atoms with Crippen molar-refractivity contribution in [3.8, 4) is 0 Å². The Kier molecular flexibility index (Phi) is 6.21. The van der Waals surface area contributed by atoms with Crippen LogP contribution in [0.1, 0.15) is 29.0 Å². The number of amides is 1. The van der Waals surface area contributed by atoms with E-state index in [0.29, 0.717) is 11.6 Å². The van der Waals surface area contributed by atoms with E-state index in [0.717, 1.165) is 10.6 Å². The molecule has 0 aliphatic heterocycles. The molecule has 3 rings (SSSR count). The summed E-state index contributed by atoms with van der Waals surface area (Å²) in [6.07, 6.45) is 0.694. The summed E-state index contributed by atoms with van der Waals surface area (Å²) < 4.78 is 24.7. The minimum atomic E-state index is -3.70. The van der Waals surface area contributed by atoms with Crippen LogP contribution in [-0.2, 0) is 21.1 Å². The van der Waals surface area contributed by atoms with Gasteiger partial charge in [-0.05, 0) is 30.5 Å². The van der Waals surface area contributed by atoms with Gasteiger partial charge in [0.2, 0.25) is 11.0 Å². The fourth-order valence-corrected chi connectivity index (χ4v) is 4.72. The highest BCUT2D eigenvalue weighted by Crippen LogP contribution is 2.24. The fraction of sp³-hybridized carbons (Fsp3) is 0.250. The van der Waals surface area contributed by atoms with Crippen molar-refractivity contribution in [1.82, 2.24) is 10.2 Å². The molecule has 6 nitrogen and oxygen atoms in total. The Morgan fingerprint density at radius 2 is 1.75 bits per heavy atom. The van der Waals surface area contributed by atoms with Gasteiger partial charge in [-0.2, -0.15) is 0 Å². The fourth-order valence-electron chi connectivity index (χ4n) is 2.70. The first-order valence-electron chi connectivity index (χ1n) is 8.80. The molecule has 1 aromatic heterocycles. The molecule has 8 heteroatoms. The normalized spacial score (nSPS) is 12.5. The van der Waals surface area contributed by atoms with Crippen LogP contribution in [-0.4, -0.2) is 30.3 Å². The molecule has 0 fully saturated rings. The molecule has 0 spiro atoms. The number of anilines is 1. The number of carbonyl (C=O) groups is 1. The second kappa shape index (κ2) is 8.62. The van der Waals surface area contributed by atoms with Crippen molar-refractivity contribution in [3.05, 3.63) is 70.7 Å². The van der Waals surface area contributed by atoms with Crippen LogP contribution < -0.4 is 5.32 Å². The number of sulfone groups is 1. The van der Waals surface area contributed by atoms with Gasteiger partial charge in [-0.25, -0.2) is 8.42 Å². The average molecular weight is 416 g/mol. The van der Waals surface area contributed by atoms with Crippen molar-refractivity contribution >= 4 is 32.2 Å². The van der Waals surface area contributed by atoms with Crippen LogP contribution in [0.4, 0.5) is 5.13 Å². The lowest BCUT2D eigenvalue weighted by Gasteiger charge is -2.08. The van der Waals surface area contributed by atoms with Crippen LogP contribution in [0, 0.1) is 6.92 Å². The van der Waals surface area contributed by atoms with Gasteiger partial charge in [-0.15, -0.1) is 10.2 Å². The molecule has 0 aliphatic carbocycles. The number of aryl methyl sites for hydroxylation is 1. The molecule has 0 saturated heterocycles. The molecule has 1 atom stereocenters. The number of hydrogen-bond donors (Lipinski definition) is 1. The highest BCUT2D eigenvalue weighted by Gasteiger charge is 2.20. The maximum absolute atomic E-state index is 12.4. The first kappa shape index (κ1) is 20.2. The van der Waals surface area contributed by atoms with E-state index in [1.54, 1.807) is 12.1 Å². The van der Waals surface area contributed by atoms with Gasteiger partial charge in [0.15, 0.2) is 9.84 Å². The van der Waals surface area contributed by atoms with Crippen molar-refractivity contribution in [1.29, 1.82) is 0 Å². The van der Waals surface area contributed by atoms with Gasteiger partial charge >= 0.3 is 0 Å². The van der Waals surface area contributed by atoms with Crippen LogP contribution in [0.15, 0.2) is 59.5 Å². The smallest absolute Gasteiger partial charge is 0.241 e. The first-order valence-corrected chi connectivity index (χ1v) is 11.3. The third-order valence-electron chi connectivity index (χ3n) is 4.26. The van der Waals surface area contributed by atoms with Crippen LogP contribution in [0.2, 0.25) is 0 Å². The molecule has 0 saturated carbocycles. The molecular formula is C20H21N3O3S2. The van der Waals surface area contributed by atoms with E-state index in [1.165, 1.54) is 29.0 Å². The van der Waals surface area contributed by atoms with Gasteiger partial charge < -0.3 is 0 Å². The summed E-state index contributed by atoms with van der Waals surface area (Å²) in [5, 5.41) is 11.7. The van der Waals surface area contributed by atoms with Gasteiger partial charge in [-0.1, -0.05) is 66.3 Å². The maximum atomic E-state index is 12.4.